The van der Waals surface area contributed by atoms with Gasteiger partial charge in [-0.15, -0.1) is 0 Å². The van der Waals surface area contributed by atoms with Crippen molar-refractivity contribution >= 4 is 28.2 Å². The van der Waals surface area contributed by atoms with Crippen LogP contribution in [0.3, 0.4) is 0 Å². The van der Waals surface area contributed by atoms with Crippen LogP contribution in [0.1, 0.15) is 32.4 Å². The molecule has 1 heterocycles. The largest absolute Gasteiger partial charge is 0.384 e. The molecule has 102 valence electrons. The lowest BCUT2D eigenvalue weighted by Gasteiger charge is -2.12. The predicted octanol–water partition coefficient (Wildman–Crippen LogP) is 4.80. The Balaban J connectivity index is 2.60. The molecule has 0 saturated heterocycles. The summed E-state index contributed by atoms with van der Waals surface area (Å²) in [6.07, 6.45) is 2.92. The van der Waals surface area contributed by atoms with Crippen molar-refractivity contribution in [2.75, 3.05) is 11.9 Å². The van der Waals surface area contributed by atoms with Crippen molar-refractivity contribution in [2.24, 2.45) is 0 Å². The molecule has 0 fully saturated rings. The Morgan fingerprint density at radius 3 is 2.68 bits per heavy atom. The third-order valence-corrected chi connectivity index (χ3v) is 3.24. The highest BCUT2D eigenvalue weighted by Gasteiger charge is 2.10. The average molecular weight is 281 g/mol. The van der Waals surface area contributed by atoms with Gasteiger partial charge in [0, 0.05) is 23.3 Å². The molecular weight excluding hydrogens is 263 g/mol. The van der Waals surface area contributed by atoms with Gasteiger partial charge in [-0.05, 0) is 31.0 Å². The second-order valence-electron chi connectivity index (χ2n) is 4.62. The van der Waals surface area contributed by atoms with Crippen molar-refractivity contribution in [1.29, 1.82) is 0 Å². The van der Waals surface area contributed by atoms with E-state index in [-0.39, 0.29) is 5.82 Å². The van der Waals surface area contributed by atoms with Crippen molar-refractivity contribution in [3.05, 3.63) is 34.7 Å². The van der Waals surface area contributed by atoms with Crippen molar-refractivity contribution in [3.8, 4) is 0 Å². The summed E-state index contributed by atoms with van der Waals surface area (Å²) in [5.74, 6) is -0.331. The SMILES string of the molecule is CCCNc1cc(CCC)nc2c(Cl)cc(F)cc12. The number of pyridine rings is 1. The first-order valence-electron chi connectivity index (χ1n) is 6.68. The highest BCUT2D eigenvalue weighted by molar-refractivity contribution is 6.35. The topological polar surface area (TPSA) is 24.9 Å². The molecule has 0 amide bonds. The lowest BCUT2D eigenvalue weighted by molar-refractivity contribution is 0.629. The Labute approximate surface area is 118 Å². The van der Waals surface area contributed by atoms with Gasteiger partial charge in [-0.1, -0.05) is 31.9 Å². The van der Waals surface area contributed by atoms with Crippen LogP contribution in [-0.4, -0.2) is 11.5 Å². The maximum atomic E-state index is 13.5. The predicted molar refractivity (Wildman–Crippen MR) is 79.5 cm³/mol. The smallest absolute Gasteiger partial charge is 0.125 e. The minimum atomic E-state index is -0.331. The number of nitrogens with zero attached hydrogens (tertiary/aromatic N) is 1. The minimum Gasteiger partial charge on any atom is -0.384 e. The third kappa shape index (κ3) is 3.16. The summed E-state index contributed by atoms with van der Waals surface area (Å²) in [5.41, 5.74) is 2.58. The number of halogens is 2. The van der Waals surface area contributed by atoms with Gasteiger partial charge < -0.3 is 5.32 Å². The molecule has 0 unspecified atom stereocenters. The van der Waals surface area contributed by atoms with Crippen LogP contribution in [0.15, 0.2) is 18.2 Å². The lowest BCUT2D eigenvalue weighted by Crippen LogP contribution is -2.03. The fourth-order valence-corrected chi connectivity index (χ4v) is 2.34. The molecule has 1 aromatic carbocycles. The summed E-state index contributed by atoms with van der Waals surface area (Å²) in [5, 5.41) is 4.44. The Bertz CT molecular complexity index is 584. The number of hydrogen-bond acceptors (Lipinski definition) is 2. The quantitative estimate of drug-likeness (QED) is 0.851. The van der Waals surface area contributed by atoms with E-state index in [1.54, 1.807) is 0 Å². The zero-order valence-electron chi connectivity index (χ0n) is 11.3. The number of aryl methyl sites for hydroxylation is 1. The van der Waals surface area contributed by atoms with Crippen molar-refractivity contribution in [2.45, 2.75) is 33.1 Å². The molecule has 1 N–H and O–H groups in total. The molecule has 4 heteroatoms. The van der Waals surface area contributed by atoms with Gasteiger partial charge in [-0.2, -0.15) is 0 Å². The van der Waals surface area contributed by atoms with Crippen LogP contribution in [0.4, 0.5) is 10.1 Å². The van der Waals surface area contributed by atoms with E-state index in [2.05, 4.69) is 24.1 Å². The van der Waals surface area contributed by atoms with Gasteiger partial charge in [0.05, 0.1) is 10.5 Å². The summed E-state index contributed by atoms with van der Waals surface area (Å²) < 4.78 is 13.5. The van der Waals surface area contributed by atoms with E-state index in [1.165, 1.54) is 12.1 Å². The van der Waals surface area contributed by atoms with Gasteiger partial charge in [0.2, 0.25) is 0 Å². The normalized spacial score (nSPS) is 10.9. The summed E-state index contributed by atoms with van der Waals surface area (Å²) in [6, 6.07) is 4.80. The summed E-state index contributed by atoms with van der Waals surface area (Å²) in [6.45, 7) is 5.05. The van der Waals surface area contributed by atoms with Crippen LogP contribution in [-0.2, 0) is 6.42 Å². The van der Waals surface area contributed by atoms with Crippen LogP contribution >= 0.6 is 11.6 Å². The highest BCUT2D eigenvalue weighted by Crippen LogP contribution is 2.30. The standard InChI is InChI=1S/C15H18ClFN2/c1-3-5-11-9-14(18-6-4-2)12-7-10(17)8-13(16)15(12)19-11/h7-9H,3-6H2,1-2H3,(H,18,19). The number of fused-ring (bicyclic) bond motifs is 1. The molecule has 2 rings (SSSR count). The summed E-state index contributed by atoms with van der Waals surface area (Å²) in [4.78, 5) is 4.54. The number of aromatic nitrogens is 1. The van der Waals surface area contributed by atoms with Crippen LogP contribution in [0.25, 0.3) is 10.9 Å². The zero-order chi connectivity index (χ0) is 13.8. The molecule has 0 aliphatic heterocycles. The van der Waals surface area contributed by atoms with Gasteiger partial charge in [0.15, 0.2) is 0 Å². The molecule has 1 aromatic heterocycles. The van der Waals surface area contributed by atoms with E-state index < -0.39 is 0 Å². The van der Waals surface area contributed by atoms with E-state index in [4.69, 9.17) is 11.6 Å². The van der Waals surface area contributed by atoms with Crippen LogP contribution < -0.4 is 5.32 Å². The van der Waals surface area contributed by atoms with Crippen molar-refractivity contribution in [1.82, 2.24) is 4.98 Å². The monoisotopic (exact) mass is 280 g/mol. The zero-order valence-corrected chi connectivity index (χ0v) is 12.0. The van der Waals surface area contributed by atoms with Crippen molar-refractivity contribution < 1.29 is 4.39 Å². The Kier molecular flexibility index (Phi) is 4.59. The third-order valence-electron chi connectivity index (χ3n) is 2.96. The first-order chi connectivity index (χ1) is 9.15. The second kappa shape index (κ2) is 6.20. The van der Waals surface area contributed by atoms with E-state index in [1.807, 2.05) is 6.07 Å². The molecule has 0 bridgehead atoms. The minimum absolute atomic E-state index is 0.331. The van der Waals surface area contributed by atoms with E-state index in [0.717, 1.165) is 42.6 Å². The Hall–Kier alpha value is -1.35. The fourth-order valence-electron chi connectivity index (χ4n) is 2.10. The molecule has 0 radical (unpaired) electrons. The van der Waals surface area contributed by atoms with Gasteiger partial charge >= 0.3 is 0 Å². The van der Waals surface area contributed by atoms with Gasteiger partial charge in [-0.3, -0.25) is 4.98 Å². The fraction of sp³-hybridized carbons (Fsp3) is 0.400. The Morgan fingerprint density at radius 2 is 2.00 bits per heavy atom. The number of rotatable bonds is 5. The molecule has 0 aliphatic carbocycles. The van der Waals surface area contributed by atoms with Crippen molar-refractivity contribution in [3.63, 3.8) is 0 Å². The van der Waals surface area contributed by atoms with Gasteiger partial charge in [-0.25, -0.2) is 4.39 Å². The molecule has 0 spiro atoms. The highest BCUT2D eigenvalue weighted by atomic mass is 35.5. The number of nitrogens with one attached hydrogen (secondary N) is 1. The molecule has 2 aromatic rings. The first kappa shape index (κ1) is 14.1. The molecule has 0 aliphatic rings. The average Bonchev–Trinajstić information content (AvgIpc) is 2.37. The molecular formula is C15H18ClFN2. The van der Waals surface area contributed by atoms with Gasteiger partial charge in [0.1, 0.15) is 5.82 Å². The van der Waals surface area contributed by atoms with Gasteiger partial charge in [0.25, 0.3) is 0 Å². The molecule has 0 atom stereocenters. The maximum absolute atomic E-state index is 13.5. The first-order valence-corrected chi connectivity index (χ1v) is 7.06. The van der Waals surface area contributed by atoms with Crippen LogP contribution in [0.2, 0.25) is 5.02 Å². The van der Waals surface area contributed by atoms with E-state index in [0.29, 0.717) is 10.5 Å². The van der Waals surface area contributed by atoms with Crippen LogP contribution in [0.5, 0.6) is 0 Å². The molecule has 19 heavy (non-hydrogen) atoms. The lowest BCUT2D eigenvalue weighted by atomic mass is 10.1. The summed E-state index contributed by atoms with van der Waals surface area (Å²) >= 11 is 6.11. The van der Waals surface area contributed by atoms with E-state index in [9.17, 15) is 4.39 Å². The number of anilines is 1. The second-order valence-corrected chi connectivity index (χ2v) is 5.03. The number of benzene rings is 1. The maximum Gasteiger partial charge on any atom is 0.125 e. The number of hydrogen-bond donors (Lipinski definition) is 1. The Morgan fingerprint density at radius 1 is 1.21 bits per heavy atom. The molecule has 2 nitrogen and oxygen atoms in total. The van der Waals surface area contributed by atoms with Crippen LogP contribution in [0, 0.1) is 5.82 Å². The van der Waals surface area contributed by atoms with E-state index >= 15 is 0 Å². The summed E-state index contributed by atoms with van der Waals surface area (Å²) in [7, 11) is 0. The molecule has 0 saturated carbocycles.